The van der Waals surface area contributed by atoms with E-state index in [1.165, 1.54) is 12.8 Å². The fourth-order valence-corrected chi connectivity index (χ4v) is 2.32. The molecule has 1 atom stereocenters. The highest BCUT2D eigenvalue weighted by Gasteiger charge is 2.30. The number of hydrogen-bond donors (Lipinski definition) is 1. The van der Waals surface area contributed by atoms with Crippen molar-refractivity contribution in [2.24, 2.45) is 11.3 Å². The van der Waals surface area contributed by atoms with Gasteiger partial charge in [0.05, 0.1) is 0 Å². The molecule has 1 fully saturated rings. The topological polar surface area (TPSA) is 32.3 Å². The van der Waals surface area contributed by atoms with E-state index >= 15 is 0 Å². The van der Waals surface area contributed by atoms with Crippen LogP contribution in [0.3, 0.4) is 0 Å². The van der Waals surface area contributed by atoms with Crippen molar-refractivity contribution in [1.29, 1.82) is 0 Å². The SMILES string of the molecule is CC(C)N(CC1CCCNC1)C(=O)C(C)(C)C. The molecule has 3 heteroatoms. The van der Waals surface area contributed by atoms with Crippen molar-refractivity contribution in [3.63, 3.8) is 0 Å². The van der Waals surface area contributed by atoms with Crippen LogP contribution in [0.1, 0.15) is 47.5 Å². The fourth-order valence-electron chi connectivity index (χ4n) is 2.32. The molecule has 0 radical (unpaired) electrons. The van der Waals surface area contributed by atoms with E-state index < -0.39 is 0 Å². The molecule has 0 aromatic rings. The second kappa shape index (κ2) is 5.85. The molecular formula is C14H28N2O. The Kier molecular flexibility index (Phi) is 4.99. The van der Waals surface area contributed by atoms with Crippen LogP contribution in [0.15, 0.2) is 0 Å². The summed E-state index contributed by atoms with van der Waals surface area (Å²) in [5.74, 6) is 0.899. The third kappa shape index (κ3) is 4.30. The predicted molar refractivity (Wildman–Crippen MR) is 71.9 cm³/mol. The number of carbonyl (C=O) groups is 1. The smallest absolute Gasteiger partial charge is 0.228 e. The molecule has 1 heterocycles. The number of hydrogen-bond acceptors (Lipinski definition) is 2. The van der Waals surface area contributed by atoms with Gasteiger partial charge in [-0.15, -0.1) is 0 Å². The Balaban J connectivity index is 2.62. The third-order valence-electron chi connectivity index (χ3n) is 3.38. The molecule has 1 aliphatic rings. The summed E-state index contributed by atoms with van der Waals surface area (Å²) in [6, 6.07) is 0.295. The Morgan fingerprint density at radius 2 is 2.06 bits per heavy atom. The van der Waals surface area contributed by atoms with Gasteiger partial charge in [0.1, 0.15) is 0 Å². The highest BCUT2D eigenvalue weighted by Crippen LogP contribution is 2.21. The van der Waals surface area contributed by atoms with Crippen molar-refractivity contribution in [1.82, 2.24) is 10.2 Å². The molecule has 0 aromatic heterocycles. The molecule has 1 N–H and O–H groups in total. The molecular weight excluding hydrogens is 212 g/mol. The van der Waals surface area contributed by atoms with Gasteiger partial charge in [-0.1, -0.05) is 20.8 Å². The van der Waals surface area contributed by atoms with Gasteiger partial charge in [-0.25, -0.2) is 0 Å². The normalized spacial score (nSPS) is 21.6. The third-order valence-corrected chi connectivity index (χ3v) is 3.38. The van der Waals surface area contributed by atoms with Gasteiger partial charge in [-0.05, 0) is 45.7 Å². The van der Waals surface area contributed by atoms with Crippen molar-refractivity contribution in [3.8, 4) is 0 Å². The Morgan fingerprint density at radius 3 is 2.47 bits per heavy atom. The molecule has 0 saturated carbocycles. The van der Waals surface area contributed by atoms with Gasteiger partial charge in [0.15, 0.2) is 0 Å². The summed E-state index contributed by atoms with van der Waals surface area (Å²) in [7, 11) is 0. The Labute approximate surface area is 106 Å². The number of nitrogens with one attached hydrogen (secondary N) is 1. The van der Waals surface area contributed by atoms with Crippen LogP contribution >= 0.6 is 0 Å². The highest BCUT2D eigenvalue weighted by molar-refractivity contribution is 5.81. The van der Waals surface area contributed by atoms with Crippen LogP contribution in [0.25, 0.3) is 0 Å². The van der Waals surface area contributed by atoms with Crippen LogP contribution in [-0.4, -0.2) is 36.5 Å². The summed E-state index contributed by atoms with van der Waals surface area (Å²) in [5, 5.41) is 3.42. The number of amides is 1. The first-order valence-corrected chi connectivity index (χ1v) is 6.84. The van der Waals surface area contributed by atoms with Crippen molar-refractivity contribution < 1.29 is 4.79 Å². The van der Waals surface area contributed by atoms with Crippen molar-refractivity contribution >= 4 is 5.91 Å². The maximum absolute atomic E-state index is 12.4. The lowest BCUT2D eigenvalue weighted by molar-refractivity contribution is -0.142. The maximum Gasteiger partial charge on any atom is 0.228 e. The lowest BCUT2D eigenvalue weighted by Crippen LogP contribution is -2.48. The summed E-state index contributed by atoms with van der Waals surface area (Å²) < 4.78 is 0. The first-order valence-electron chi connectivity index (χ1n) is 6.84. The van der Waals surface area contributed by atoms with E-state index in [4.69, 9.17) is 0 Å². The number of piperidine rings is 1. The van der Waals surface area contributed by atoms with Crippen LogP contribution in [0.4, 0.5) is 0 Å². The van der Waals surface area contributed by atoms with E-state index in [0.29, 0.717) is 12.0 Å². The lowest BCUT2D eigenvalue weighted by atomic mass is 9.92. The average molecular weight is 240 g/mol. The Morgan fingerprint density at radius 1 is 1.41 bits per heavy atom. The zero-order chi connectivity index (χ0) is 13.1. The van der Waals surface area contributed by atoms with Gasteiger partial charge < -0.3 is 10.2 Å². The lowest BCUT2D eigenvalue weighted by Gasteiger charge is -2.36. The van der Waals surface area contributed by atoms with E-state index in [0.717, 1.165) is 19.6 Å². The van der Waals surface area contributed by atoms with E-state index in [9.17, 15) is 4.79 Å². The first kappa shape index (κ1) is 14.5. The van der Waals surface area contributed by atoms with E-state index in [2.05, 4.69) is 24.1 Å². The number of carbonyl (C=O) groups excluding carboxylic acids is 1. The monoisotopic (exact) mass is 240 g/mol. The summed E-state index contributed by atoms with van der Waals surface area (Å²) >= 11 is 0. The van der Waals surface area contributed by atoms with Crippen molar-refractivity contribution in [2.75, 3.05) is 19.6 Å². The van der Waals surface area contributed by atoms with Gasteiger partial charge in [0, 0.05) is 18.0 Å². The van der Waals surface area contributed by atoms with Gasteiger partial charge in [-0.2, -0.15) is 0 Å². The number of rotatable bonds is 3. The highest BCUT2D eigenvalue weighted by atomic mass is 16.2. The minimum absolute atomic E-state index is 0.271. The summed E-state index contributed by atoms with van der Waals surface area (Å²) in [6.45, 7) is 13.3. The molecule has 0 aliphatic carbocycles. The molecule has 0 bridgehead atoms. The first-order chi connectivity index (χ1) is 7.82. The molecule has 1 saturated heterocycles. The van der Waals surface area contributed by atoms with Gasteiger partial charge in [-0.3, -0.25) is 4.79 Å². The Hall–Kier alpha value is -0.570. The molecule has 17 heavy (non-hydrogen) atoms. The largest absolute Gasteiger partial charge is 0.339 e. The van der Waals surface area contributed by atoms with Crippen LogP contribution < -0.4 is 5.32 Å². The van der Waals surface area contributed by atoms with Crippen LogP contribution in [-0.2, 0) is 4.79 Å². The minimum Gasteiger partial charge on any atom is -0.339 e. The predicted octanol–water partition coefficient (Wildman–Crippen LogP) is 2.27. The molecule has 1 amide bonds. The molecule has 1 rings (SSSR count). The van der Waals surface area contributed by atoms with Crippen LogP contribution in [0.2, 0.25) is 0 Å². The summed E-state index contributed by atoms with van der Waals surface area (Å²) in [6.07, 6.45) is 2.48. The standard InChI is InChI=1S/C14H28N2O/c1-11(2)16(13(17)14(3,4)5)10-12-7-6-8-15-9-12/h11-12,15H,6-10H2,1-5H3. The molecule has 0 spiro atoms. The van der Waals surface area contributed by atoms with E-state index in [1.54, 1.807) is 0 Å². The summed E-state index contributed by atoms with van der Waals surface area (Å²) in [5.41, 5.74) is -0.271. The molecule has 1 aliphatic heterocycles. The Bertz CT molecular complexity index is 249. The van der Waals surface area contributed by atoms with Crippen LogP contribution in [0.5, 0.6) is 0 Å². The summed E-state index contributed by atoms with van der Waals surface area (Å²) in [4.78, 5) is 14.4. The van der Waals surface area contributed by atoms with Crippen LogP contribution in [0, 0.1) is 11.3 Å². The molecule has 0 aromatic carbocycles. The maximum atomic E-state index is 12.4. The fraction of sp³-hybridized carbons (Fsp3) is 0.929. The quantitative estimate of drug-likeness (QED) is 0.821. The zero-order valence-electron chi connectivity index (χ0n) is 12.0. The van der Waals surface area contributed by atoms with Gasteiger partial charge in [0.2, 0.25) is 5.91 Å². The van der Waals surface area contributed by atoms with E-state index in [-0.39, 0.29) is 11.3 Å². The average Bonchev–Trinajstić information content (AvgIpc) is 2.24. The second-order valence-electron chi connectivity index (χ2n) is 6.51. The molecule has 100 valence electrons. The molecule has 1 unspecified atom stereocenters. The van der Waals surface area contributed by atoms with Crippen molar-refractivity contribution in [3.05, 3.63) is 0 Å². The number of nitrogens with zero attached hydrogens (tertiary/aromatic N) is 1. The van der Waals surface area contributed by atoms with Crippen molar-refractivity contribution in [2.45, 2.75) is 53.5 Å². The van der Waals surface area contributed by atoms with E-state index in [1.807, 2.05) is 20.8 Å². The minimum atomic E-state index is -0.271. The zero-order valence-corrected chi connectivity index (χ0v) is 12.0. The second-order valence-corrected chi connectivity index (χ2v) is 6.51. The van der Waals surface area contributed by atoms with Gasteiger partial charge >= 0.3 is 0 Å². The molecule has 3 nitrogen and oxygen atoms in total. The van der Waals surface area contributed by atoms with Gasteiger partial charge in [0.25, 0.3) is 0 Å².